The Morgan fingerprint density at radius 3 is 1.78 bits per heavy atom. The van der Waals surface area contributed by atoms with Crippen molar-refractivity contribution in [2.24, 2.45) is 0 Å². The van der Waals surface area contributed by atoms with Crippen LogP contribution in [0.2, 0.25) is 0 Å². The largest absolute Gasteiger partial charge is 0.287 e. The van der Waals surface area contributed by atoms with Crippen molar-refractivity contribution in [3.8, 4) is 0 Å². The van der Waals surface area contributed by atoms with Gasteiger partial charge in [0.25, 0.3) is 0 Å². The molecule has 0 saturated heterocycles. The van der Waals surface area contributed by atoms with Gasteiger partial charge < -0.3 is 0 Å². The van der Waals surface area contributed by atoms with Crippen molar-refractivity contribution >= 4 is 32.3 Å². The minimum Gasteiger partial charge on any atom is -0.287 e. The summed E-state index contributed by atoms with van der Waals surface area (Å²) in [7, 11) is 0. The standard InChI is InChI=1S/C27H21N5/c1-2-19-4-5-21-6-7-22(25-9-8-20(3-1)26(19)27(21)25)16-32(17-23-14-28-10-12-30-23)18-24-15-29-11-13-31-24/h1-15H,16-18H2. The highest BCUT2D eigenvalue weighted by Crippen LogP contribution is 2.36. The molecule has 0 radical (unpaired) electrons. The number of hydrogen-bond donors (Lipinski definition) is 0. The second kappa shape index (κ2) is 7.94. The Bertz CT molecular complexity index is 1440. The molecule has 0 saturated carbocycles. The molecule has 0 bridgehead atoms. The molecule has 0 amide bonds. The van der Waals surface area contributed by atoms with Gasteiger partial charge in [-0.2, -0.15) is 0 Å². The summed E-state index contributed by atoms with van der Waals surface area (Å²) in [5, 5.41) is 7.84. The van der Waals surface area contributed by atoms with E-state index in [1.165, 1.54) is 37.9 Å². The van der Waals surface area contributed by atoms with Crippen LogP contribution in [-0.4, -0.2) is 24.8 Å². The van der Waals surface area contributed by atoms with E-state index in [9.17, 15) is 0 Å². The quantitative estimate of drug-likeness (QED) is 0.343. The Hall–Kier alpha value is -3.96. The molecule has 0 N–H and O–H groups in total. The molecule has 5 heteroatoms. The van der Waals surface area contributed by atoms with Gasteiger partial charge in [0.1, 0.15) is 0 Å². The molecule has 0 unspecified atom stereocenters. The SMILES string of the molecule is c1cc2ccc3ccc(CN(Cc4cnccn4)Cc4cnccn4)c4ccc(c1)c2c34. The van der Waals surface area contributed by atoms with Gasteiger partial charge in [-0.05, 0) is 37.9 Å². The summed E-state index contributed by atoms with van der Waals surface area (Å²) in [6.07, 6.45) is 10.6. The molecule has 0 fully saturated rings. The van der Waals surface area contributed by atoms with E-state index in [0.29, 0.717) is 13.1 Å². The van der Waals surface area contributed by atoms with Crippen LogP contribution in [0.1, 0.15) is 17.0 Å². The van der Waals surface area contributed by atoms with E-state index in [4.69, 9.17) is 0 Å². The fourth-order valence-corrected chi connectivity index (χ4v) is 4.62. The second-order valence-corrected chi connectivity index (χ2v) is 8.12. The van der Waals surface area contributed by atoms with Crippen LogP contribution in [0.25, 0.3) is 32.3 Å². The molecular weight excluding hydrogens is 394 g/mol. The molecule has 0 aliphatic carbocycles. The van der Waals surface area contributed by atoms with Crippen LogP contribution in [0.15, 0.2) is 91.8 Å². The molecule has 2 heterocycles. The predicted octanol–water partition coefficient (Wildman–Crippen LogP) is 5.37. The topological polar surface area (TPSA) is 54.8 Å². The average Bonchev–Trinajstić information content (AvgIpc) is 2.85. The van der Waals surface area contributed by atoms with Crippen LogP contribution >= 0.6 is 0 Å². The molecule has 2 aromatic heterocycles. The molecule has 154 valence electrons. The Balaban J connectivity index is 1.44. The van der Waals surface area contributed by atoms with Crippen molar-refractivity contribution in [1.29, 1.82) is 0 Å². The van der Waals surface area contributed by atoms with Crippen LogP contribution in [-0.2, 0) is 19.6 Å². The third-order valence-electron chi connectivity index (χ3n) is 6.02. The van der Waals surface area contributed by atoms with Gasteiger partial charge in [0, 0.05) is 56.8 Å². The van der Waals surface area contributed by atoms with E-state index < -0.39 is 0 Å². The molecule has 0 aliphatic heterocycles. The summed E-state index contributed by atoms with van der Waals surface area (Å²) in [6, 6.07) is 20.0. The zero-order chi connectivity index (χ0) is 21.3. The molecule has 32 heavy (non-hydrogen) atoms. The molecule has 6 aromatic rings. The van der Waals surface area contributed by atoms with Gasteiger partial charge in [-0.1, -0.05) is 54.6 Å². The fraction of sp³-hybridized carbons (Fsp3) is 0.111. The summed E-state index contributed by atoms with van der Waals surface area (Å²) < 4.78 is 0. The van der Waals surface area contributed by atoms with Crippen molar-refractivity contribution in [3.05, 3.63) is 109 Å². The Labute approximate surface area is 185 Å². The van der Waals surface area contributed by atoms with Crippen molar-refractivity contribution in [1.82, 2.24) is 24.8 Å². The first-order chi connectivity index (χ1) is 15.8. The maximum absolute atomic E-state index is 4.49. The Morgan fingerprint density at radius 1 is 0.562 bits per heavy atom. The molecular formula is C27H21N5. The van der Waals surface area contributed by atoms with Crippen LogP contribution in [0, 0.1) is 0 Å². The lowest BCUT2D eigenvalue weighted by Gasteiger charge is -2.23. The van der Waals surface area contributed by atoms with Gasteiger partial charge in [-0.3, -0.25) is 24.8 Å². The highest BCUT2D eigenvalue weighted by molar-refractivity contribution is 6.23. The molecule has 0 atom stereocenters. The average molecular weight is 416 g/mol. The predicted molar refractivity (Wildman–Crippen MR) is 127 cm³/mol. The zero-order valence-electron chi connectivity index (χ0n) is 17.5. The van der Waals surface area contributed by atoms with Gasteiger partial charge in [0.2, 0.25) is 0 Å². The van der Waals surface area contributed by atoms with Crippen molar-refractivity contribution in [2.45, 2.75) is 19.6 Å². The maximum atomic E-state index is 4.49. The summed E-state index contributed by atoms with van der Waals surface area (Å²) in [6.45, 7) is 2.15. The molecule has 5 nitrogen and oxygen atoms in total. The minimum atomic E-state index is 0.687. The van der Waals surface area contributed by atoms with Gasteiger partial charge in [0.05, 0.1) is 11.4 Å². The van der Waals surface area contributed by atoms with Gasteiger partial charge in [0.15, 0.2) is 0 Å². The highest BCUT2D eigenvalue weighted by atomic mass is 15.1. The Kier molecular flexibility index (Phi) is 4.66. The van der Waals surface area contributed by atoms with E-state index in [1.807, 2.05) is 12.4 Å². The van der Waals surface area contributed by atoms with Crippen molar-refractivity contribution < 1.29 is 0 Å². The number of rotatable bonds is 6. The van der Waals surface area contributed by atoms with E-state index in [1.54, 1.807) is 24.8 Å². The van der Waals surface area contributed by atoms with Crippen molar-refractivity contribution in [2.75, 3.05) is 0 Å². The third-order valence-corrected chi connectivity index (χ3v) is 6.02. The lowest BCUT2D eigenvalue weighted by Crippen LogP contribution is -2.23. The van der Waals surface area contributed by atoms with E-state index in [0.717, 1.165) is 17.9 Å². The second-order valence-electron chi connectivity index (χ2n) is 8.12. The molecule has 4 aromatic carbocycles. The van der Waals surface area contributed by atoms with Crippen LogP contribution in [0.5, 0.6) is 0 Å². The number of hydrogen-bond acceptors (Lipinski definition) is 5. The third kappa shape index (κ3) is 3.43. The lowest BCUT2D eigenvalue weighted by molar-refractivity contribution is 0.242. The van der Waals surface area contributed by atoms with E-state index in [-0.39, 0.29) is 0 Å². The first-order valence-corrected chi connectivity index (χ1v) is 10.7. The highest BCUT2D eigenvalue weighted by Gasteiger charge is 2.15. The summed E-state index contributed by atoms with van der Waals surface area (Å²) in [5.74, 6) is 0. The van der Waals surface area contributed by atoms with Gasteiger partial charge >= 0.3 is 0 Å². The summed E-state index contributed by atoms with van der Waals surface area (Å²) >= 11 is 0. The maximum Gasteiger partial charge on any atom is 0.0727 e. The van der Waals surface area contributed by atoms with Crippen LogP contribution < -0.4 is 0 Å². The first-order valence-electron chi connectivity index (χ1n) is 10.7. The lowest BCUT2D eigenvalue weighted by atomic mass is 9.92. The van der Waals surface area contributed by atoms with Crippen LogP contribution in [0.4, 0.5) is 0 Å². The summed E-state index contributed by atoms with van der Waals surface area (Å²) in [5.41, 5.74) is 3.17. The van der Waals surface area contributed by atoms with Crippen molar-refractivity contribution in [3.63, 3.8) is 0 Å². The van der Waals surface area contributed by atoms with E-state index >= 15 is 0 Å². The Morgan fingerprint density at radius 2 is 1.16 bits per heavy atom. The number of nitrogens with zero attached hydrogens (tertiary/aromatic N) is 5. The number of benzene rings is 4. The van der Waals surface area contributed by atoms with Gasteiger partial charge in [-0.15, -0.1) is 0 Å². The smallest absolute Gasteiger partial charge is 0.0727 e. The normalized spacial score (nSPS) is 11.8. The monoisotopic (exact) mass is 415 g/mol. The molecule has 6 rings (SSSR count). The number of aromatic nitrogens is 4. The van der Waals surface area contributed by atoms with Crippen LogP contribution in [0.3, 0.4) is 0 Å². The summed E-state index contributed by atoms with van der Waals surface area (Å²) in [4.78, 5) is 19.8. The fourth-order valence-electron chi connectivity index (χ4n) is 4.62. The van der Waals surface area contributed by atoms with E-state index in [2.05, 4.69) is 79.4 Å². The first kappa shape index (κ1) is 18.8. The van der Waals surface area contributed by atoms with Gasteiger partial charge in [-0.25, -0.2) is 0 Å². The molecule has 0 spiro atoms. The molecule has 0 aliphatic rings. The minimum absolute atomic E-state index is 0.687. The zero-order valence-corrected chi connectivity index (χ0v) is 17.5.